The molecule has 0 radical (unpaired) electrons. The van der Waals surface area contributed by atoms with Crippen molar-refractivity contribution in [1.29, 1.82) is 0 Å². The first-order chi connectivity index (χ1) is 18.1. The molecular formula is C24H30ClN7O6S. The molecule has 0 spiro atoms. The molecule has 13 nitrogen and oxygen atoms in total. The second-order valence-electron chi connectivity index (χ2n) is 8.63. The Morgan fingerprint density at radius 1 is 1.18 bits per heavy atom. The van der Waals surface area contributed by atoms with Gasteiger partial charge in [0, 0.05) is 24.9 Å². The lowest BCUT2D eigenvalue weighted by Gasteiger charge is -2.21. The minimum Gasteiger partial charge on any atom is -0.453 e. The molecule has 0 unspecified atom stereocenters. The summed E-state index contributed by atoms with van der Waals surface area (Å²) >= 11 is 1.45. The van der Waals surface area contributed by atoms with E-state index in [1.54, 1.807) is 44.2 Å². The molecule has 1 atom stereocenters. The Morgan fingerprint density at radius 3 is 2.46 bits per heavy atom. The zero-order valence-electron chi connectivity index (χ0n) is 21.8. The first-order valence-electron chi connectivity index (χ1n) is 11.7. The Balaban J connectivity index is 0.00000533. The van der Waals surface area contributed by atoms with Crippen molar-refractivity contribution in [1.82, 2.24) is 25.2 Å². The van der Waals surface area contributed by atoms with Crippen LogP contribution in [0, 0.1) is 5.92 Å². The number of aromatic nitrogens is 2. The van der Waals surface area contributed by atoms with Gasteiger partial charge in [-0.25, -0.2) is 15.2 Å². The summed E-state index contributed by atoms with van der Waals surface area (Å²) in [6.45, 7) is 3.58. The van der Waals surface area contributed by atoms with Crippen LogP contribution in [0.1, 0.15) is 13.8 Å². The van der Waals surface area contributed by atoms with E-state index in [-0.39, 0.29) is 23.9 Å². The molecule has 1 aromatic heterocycles. The SMILES string of the molecule is COC(=O)Nc1cnc(-c2ccccc2)n(CC(=O)N[C@H](C(=O)C(=O)N/N=C2\SCCN2C)C(C)C)c1=O.Cl. The maximum absolute atomic E-state index is 13.2. The lowest BCUT2D eigenvalue weighted by molar-refractivity contribution is -0.140. The van der Waals surface area contributed by atoms with Gasteiger partial charge >= 0.3 is 12.0 Å². The van der Waals surface area contributed by atoms with Crippen LogP contribution in [0.2, 0.25) is 0 Å². The number of amides is 3. The number of methoxy groups -OCH3 is 1. The molecule has 3 amide bonds. The second-order valence-corrected chi connectivity index (χ2v) is 9.69. The van der Waals surface area contributed by atoms with Crippen LogP contribution in [0.5, 0.6) is 0 Å². The van der Waals surface area contributed by atoms with Crippen molar-refractivity contribution in [2.45, 2.75) is 26.4 Å². The van der Waals surface area contributed by atoms with Gasteiger partial charge in [0.25, 0.3) is 5.56 Å². The fourth-order valence-corrected chi connectivity index (χ4v) is 4.46. The molecule has 1 saturated heterocycles. The number of nitrogens with one attached hydrogen (secondary N) is 3. The number of hydrazone groups is 1. The van der Waals surface area contributed by atoms with Gasteiger partial charge in [-0.15, -0.1) is 17.5 Å². The van der Waals surface area contributed by atoms with Gasteiger partial charge in [-0.05, 0) is 5.92 Å². The minimum atomic E-state index is -1.17. The summed E-state index contributed by atoms with van der Waals surface area (Å²) in [5, 5.41) is 9.38. The average Bonchev–Trinajstić information content (AvgIpc) is 3.32. The van der Waals surface area contributed by atoms with Crippen LogP contribution in [0.3, 0.4) is 0 Å². The number of benzene rings is 1. The largest absolute Gasteiger partial charge is 0.453 e. The number of amidine groups is 1. The van der Waals surface area contributed by atoms with E-state index in [0.29, 0.717) is 10.7 Å². The number of carbonyl (C=O) groups excluding carboxylic acids is 4. The standard InChI is InChI=1S/C24H29N7O6S.ClH/c1-14(2)18(19(33)21(34)28-29-23-30(3)10-11-38-23)27-17(32)13-31-20(15-8-6-5-7-9-15)25-12-16(22(31)35)26-24(36)37-4;/h5-9,12,14,18H,10-11,13H2,1-4H3,(H,26,36)(H,27,32)(H,28,34);1H/b29-23-;/t18-;/m0./s1. The summed E-state index contributed by atoms with van der Waals surface area (Å²) in [6.07, 6.45) is 0.289. The Morgan fingerprint density at radius 2 is 1.87 bits per heavy atom. The molecule has 1 aromatic carbocycles. The molecule has 1 aliphatic rings. The highest BCUT2D eigenvalue weighted by Gasteiger charge is 2.30. The maximum atomic E-state index is 13.2. The summed E-state index contributed by atoms with van der Waals surface area (Å²) in [5.74, 6) is -2.01. The van der Waals surface area contributed by atoms with Crippen molar-refractivity contribution in [3.05, 3.63) is 46.9 Å². The number of halogens is 1. The van der Waals surface area contributed by atoms with Crippen LogP contribution in [-0.4, -0.2) is 75.8 Å². The number of hydrogen-bond acceptors (Lipinski definition) is 9. The lowest BCUT2D eigenvalue weighted by Crippen LogP contribution is -2.51. The molecule has 2 aromatic rings. The van der Waals surface area contributed by atoms with Gasteiger partial charge in [0.15, 0.2) is 5.17 Å². The number of rotatable bonds is 9. The van der Waals surface area contributed by atoms with Crippen molar-refractivity contribution in [3.8, 4) is 11.4 Å². The fourth-order valence-electron chi connectivity index (χ4n) is 3.49. The molecule has 210 valence electrons. The number of ether oxygens (including phenoxy) is 1. The Bertz CT molecular complexity index is 1300. The van der Waals surface area contributed by atoms with Crippen LogP contribution in [0.25, 0.3) is 11.4 Å². The summed E-state index contributed by atoms with van der Waals surface area (Å²) in [5.41, 5.74) is 1.89. The van der Waals surface area contributed by atoms with Crippen LogP contribution in [0.4, 0.5) is 10.5 Å². The van der Waals surface area contributed by atoms with E-state index in [4.69, 9.17) is 0 Å². The first kappa shape index (κ1) is 31.3. The van der Waals surface area contributed by atoms with Crippen LogP contribution in [-0.2, 0) is 25.7 Å². The van der Waals surface area contributed by atoms with Gasteiger partial charge < -0.3 is 15.0 Å². The third-order valence-electron chi connectivity index (χ3n) is 5.53. The predicted molar refractivity (Wildman–Crippen MR) is 150 cm³/mol. The summed E-state index contributed by atoms with van der Waals surface area (Å²) < 4.78 is 5.60. The molecule has 0 aliphatic carbocycles. The summed E-state index contributed by atoms with van der Waals surface area (Å²) in [7, 11) is 2.96. The van der Waals surface area contributed by atoms with E-state index < -0.39 is 47.8 Å². The van der Waals surface area contributed by atoms with E-state index in [1.807, 2.05) is 11.9 Å². The number of carbonyl (C=O) groups is 4. The van der Waals surface area contributed by atoms with Gasteiger partial charge in [-0.3, -0.25) is 29.1 Å². The van der Waals surface area contributed by atoms with Crippen molar-refractivity contribution >= 4 is 58.7 Å². The fraction of sp³-hybridized carbons (Fsp3) is 0.375. The molecule has 1 aliphatic heterocycles. The highest BCUT2D eigenvalue weighted by molar-refractivity contribution is 8.14. The van der Waals surface area contributed by atoms with Gasteiger partial charge in [-0.2, -0.15) is 0 Å². The van der Waals surface area contributed by atoms with Crippen molar-refractivity contribution in [2.75, 3.05) is 31.8 Å². The van der Waals surface area contributed by atoms with E-state index in [2.05, 4.69) is 30.9 Å². The minimum absolute atomic E-state index is 0. The Labute approximate surface area is 235 Å². The third-order valence-corrected chi connectivity index (χ3v) is 6.58. The number of ketones is 1. The number of thioether (sulfide) groups is 1. The molecular weight excluding hydrogens is 550 g/mol. The number of anilines is 1. The van der Waals surface area contributed by atoms with E-state index >= 15 is 0 Å². The van der Waals surface area contributed by atoms with Crippen LogP contribution in [0.15, 0.2) is 46.4 Å². The Hall–Kier alpha value is -3.91. The summed E-state index contributed by atoms with van der Waals surface area (Å²) in [4.78, 5) is 69.3. The smallest absolute Gasteiger partial charge is 0.411 e. The molecule has 3 rings (SSSR count). The van der Waals surface area contributed by atoms with E-state index in [1.165, 1.54) is 18.0 Å². The van der Waals surface area contributed by atoms with E-state index in [0.717, 1.165) is 24.0 Å². The van der Waals surface area contributed by atoms with Crippen molar-refractivity contribution < 1.29 is 23.9 Å². The highest BCUT2D eigenvalue weighted by Crippen LogP contribution is 2.17. The molecule has 39 heavy (non-hydrogen) atoms. The van der Waals surface area contributed by atoms with Crippen molar-refractivity contribution in [3.63, 3.8) is 0 Å². The monoisotopic (exact) mass is 579 g/mol. The van der Waals surface area contributed by atoms with Crippen LogP contribution < -0.4 is 21.6 Å². The van der Waals surface area contributed by atoms with Crippen molar-refractivity contribution in [2.24, 2.45) is 11.0 Å². The van der Waals surface area contributed by atoms with E-state index in [9.17, 15) is 24.0 Å². The molecule has 15 heteroatoms. The lowest BCUT2D eigenvalue weighted by atomic mass is 9.99. The average molecular weight is 580 g/mol. The van der Waals surface area contributed by atoms with Gasteiger partial charge in [0.2, 0.25) is 11.7 Å². The second kappa shape index (κ2) is 14.3. The maximum Gasteiger partial charge on any atom is 0.411 e. The molecule has 3 N–H and O–H groups in total. The molecule has 1 fully saturated rings. The zero-order chi connectivity index (χ0) is 27.8. The zero-order valence-corrected chi connectivity index (χ0v) is 23.4. The molecule has 2 heterocycles. The van der Waals surface area contributed by atoms with Crippen LogP contribution >= 0.6 is 24.2 Å². The Kier molecular flexibility index (Phi) is 11.5. The quantitative estimate of drug-likeness (QED) is 0.293. The predicted octanol–water partition coefficient (Wildman–Crippen LogP) is 1.29. The number of hydrogen-bond donors (Lipinski definition) is 3. The third kappa shape index (κ3) is 8.04. The summed E-state index contributed by atoms with van der Waals surface area (Å²) in [6, 6.07) is 7.50. The normalized spacial score (nSPS) is 14.4. The molecule has 0 bridgehead atoms. The van der Waals surface area contributed by atoms with Gasteiger partial charge in [-0.1, -0.05) is 55.9 Å². The number of Topliss-reactive ketones (excluding diaryl/α,β-unsaturated/α-hetero) is 1. The first-order valence-corrected chi connectivity index (χ1v) is 12.7. The highest BCUT2D eigenvalue weighted by atomic mass is 35.5. The topological polar surface area (TPSA) is 164 Å². The van der Waals surface area contributed by atoms with Gasteiger partial charge in [0.05, 0.1) is 19.3 Å². The van der Waals surface area contributed by atoms with Gasteiger partial charge in [0.1, 0.15) is 18.1 Å². The number of nitrogens with zero attached hydrogens (tertiary/aromatic N) is 4. The molecule has 0 saturated carbocycles.